The summed E-state index contributed by atoms with van der Waals surface area (Å²) in [5.41, 5.74) is 5.65. The first kappa shape index (κ1) is 21.8. The maximum atomic E-state index is 12.2. The second kappa shape index (κ2) is 10.3. The van der Waals surface area contributed by atoms with Crippen LogP contribution in [0.25, 0.3) is 10.2 Å². The van der Waals surface area contributed by atoms with Crippen molar-refractivity contribution in [3.63, 3.8) is 0 Å². The Kier molecular flexibility index (Phi) is 7.22. The first-order valence-electron chi connectivity index (χ1n) is 9.17. The number of hydrogen-bond donors (Lipinski definition) is 4. The first-order chi connectivity index (χ1) is 15.0. The molecule has 0 aliphatic heterocycles. The number of fused-ring (bicyclic) bond motifs is 1. The van der Waals surface area contributed by atoms with Gasteiger partial charge in [-0.05, 0) is 30.3 Å². The van der Waals surface area contributed by atoms with Crippen LogP contribution in [0, 0.1) is 0 Å². The van der Waals surface area contributed by atoms with E-state index in [0.29, 0.717) is 22.2 Å². The van der Waals surface area contributed by atoms with Crippen LogP contribution in [0.1, 0.15) is 10.4 Å². The zero-order chi connectivity index (χ0) is 22.2. The fourth-order valence-corrected chi connectivity index (χ4v) is 3.43. The number of aromatic nitrogens is 1. The van der Waals surface area contributed by atoms with Gasteiger partial charge in [0.15, 0.2) is 16.6 Å². The molecule has 3 amide bonds. The van der Waals surface area contributed by atoms with E-state index in [1.54, 1.807) is 12.1 Å². The first-order valence-corrected chi connectivity index (χ1v) is 9.99. The van der Waals surface area contributed by atoms with Crippen molar-refractivity contribution in [3.05, 3.63) is 48.0 Å². The zero-order valence-electron chi connectivity index (χ0n) is 16.9. The number of anilines is 1. The van der Waals surface area contributed by atoms with Crippen LogP contribution in [0.5, 0.6) is 11.5 Å². The van der Waals surface area contributed by atoms with E-state index >= 15 is 0 Å². The summed E-state index contributed by atoms with van der Waals surface area (Å²) in [5.74, 6) is -0.632. The molecule has 0 bridgehead atoms. The van der Waals surface area contributed by atoms with Crippen LogP contribution < -0.4 is 31.0 Å². The molecule has 0 spiro atoms. The number of ether oxygens (including phenoxy) is 2. The molecule has 0 aliphatic rings. The van der Waals surface area contributed by atoms with Crippen molar-refractivity contribution in [1.29, 1.82) is 0 Å². The molecule has 162 valence electrons. The Morgan fingerprint density at radius 1 is 0.935 bits per heavy atom. The largest absolute Gasteiger partial charge is 0.493 e. The van der Waals surface area contributed by atoms with Crippen LogP contribution in [0.4, 0.5) is 5.13 Å². The Bertz CT molecular complexity index is 1070. The Morgan fingerprint density at radius 2 is 1.65 bits per heavy atom. The smallest absolute Gasteiger partial charge is 0.257 e. The van der Waals surface area contributed by atoms with Gasteiger partial charge in [-0.1, -0.05) is 23.5 Å². The molecule has 10 nitrogen and oxygen atoms in total. The van der Waals surface area contributed by atoms with Crippen molar-refractivity contribution >= 4 is 44.4 Å². The molecule has 11 heteroatoms. The summed E-state index contributed by atoms with van der Waals surface area (Å²) < 4.78 is 11.3. The highest BCUT2D eigenvalue weighted by atomic mass is 32.1. The molecular weight excluding hydrogens is 422 g/mol. The summed E-state index contributed by atoms with van der Waals surface area (Å²) in [5, 5.41) is 5.96. The molecule has 0 atom stereocenters. The number of nitrogens with one attached hydrogen (secondary N) is 4. The predicted molar refractivity (Wildman–Crippen MR) is 116 cm³/mol. The highest BCUT2D eigenvalue weighted by Gasteiger charge is 2.12. The minimum absolute atomic E-state index is 0.0713. The summed E-state index contributed by atoms with van der Waals surface area (Å²) in [6.45, 7) is -0.392. The summed E-state index contributed by atoms with van der Waals surface area (Å²) in [6.07, 6.45) is 0. The van der Waals surface area contributed by atoms with Crippen molar-refractivity contribution in [2.24, 2.45) is 0 Å². The van der Waals surface area contributed by atoms with Gasteiger partial charge < -0.3 is 20.1 Å². The number of benzene rings is 2. The van der Waals surface area contributed by atoms with E-state index in [2.05, 4.69) is 26.5 Å². The van der Waals surface area contributed by atoms with Gasteiger partial charge in [-0.2, -0.15) is 0 Å². The Hall–Kier alpha value is -3.86. The topological polar surface area (TPSA) is 131 Å². The van der Waals surface area contributed by atoms with E-state index in [-0.39, 0.29) is 13.1 Å². The van der Waals surface area contributed by atoms with E-state index in [9.17, 15) is 14.4 Å². The molecule has 3 aromatic rings. The Morgan fingerprint density at radius 3 is 2.35 bits per heavy atom. The van der Waals surface area contributed by atoms with Crippen molar-refractivity contribution in [3.8, 4) is 11.5 Å². The molecule has 0 radical (unpaired) electrons. The number of rotatable bonds is 8. The third-order valence-electron chi connectivity index (χ3n) is 4.09. The van der Waals surface area contributed by atoms with Crippen molar-refractivity contribution in [1.82, 2.24) is 21.2 Å². The number of carbonyl (C=O) groups is 3. The fraction of sp³-hybridized carbons (Fsp3) is 0.200. The van der Waals surface area contributed by atoms with E-state index in [1.807, 2.05) is 24.3 Å². The number of hydrogen-bond acceptors (Lipinski definition) is 8. The molecule has 1 heterocycles. The van der Waals surface area contributed by atoms with Crippen molar-refractivity contribution in [2.45, 2.75) is 0 Å². The third-order valence-corrected chi connectivity index (χ3v) is 5.08. The van der Waals surface area contributed by atoms with Crippen LogP contribution in [-0.4, -0.2) is 50.0 Å². The quantitative estimate of drug-likeness (QED) is 0.386. The Balaban J connectivity index is 1.40. The predicted octanol–water partition coefficient (Wildman–Crippen LogP) is 1.30. The van der Waals surface area contributed by atoms with Crippen LogP contribution in [0.2, 0.25) is 0 Å². The number of para-hydroxylation sites is 1. The highest BCUT2D eigenvalue weighted by molar-refractivity contribution is 7.22. The molecule has 0 saturated carbocycles. The second-order valence-corrected chi connectivity index (χ2v) is 7.22. The monoisotopic (exact) mass is 443 g/mol. The van der Waals surface area contributed by atoms with E-state index < -0.39 is 17.7 Å². The van der Waals surface area contributed by atoms with E-state index in [1.165, 1.54) is 31.6 Å². The van der Waals surface area contributed by atoms with Crippen molar-refractivity contribution < 1.29 is 23.9 Å². The lowest BCUT2D eigenvalue weighted by Crippen LogP contribution is -2.47. The van der Waals surface area contributed by atoms with Gasteiger partial charge in [0, 0.05) is 5.56 Å². The Labute approximate surface area is 181 Å². The standard InChI is InChI=1S/C20H21N5O5S/c1-29-14-8-7-12(9-15(14)30-2)19(28)21-10-17(26)24-25-18(27)11-22-20-23-13-5-3-4-6-16(13)31-20/h3-9H,10-11H2,1-2H3,(H,21,28)(H,22,23)(H,24,26)(H,25,27). The zero-order valence-corrected chi connectivity index (χ0v) is 17.7. The number of methoxy groups -OCH3 is 2. The SMILES string of the molecule is COc1ccc(C(=O)NCC(=O)NNC(=O)CNc2nc3ccccc3s2)cc1OC. The molecule has 0 unspecified atom stereocenters. The van der Waals surface area contributed by atoms with E-state index in [0.717, 1.165) is 10.2 Å². The van der Waals surface area contributed by atoms with E-state index in [4.69, 9.17) is 9.47 Å². The number of carbonyl (C=O) groups excluding carboxylic acids is 3. The fourth-order valence-electron chi connectivity index (χ4n) is 2.57. The molecule has 3 rings (SSSR count). The molecule has 4 N–H and O–H groups in total. The number of hydrazine groups is 1. The lowest BCUT2D eigenvalue weighted by atomic mass is 10.2. The van der Waals surface area contributed by atoms with Gasteiger partial charge in [-0.3, -0.25) is 25.2 Å². The third kappa shape index (κ3) is 5.82. The number of amides is 3. The minimum atomic E-state index is -0.581. The normalized spacial score (nSPS) is 10.3. The van der Waals surface area contributed by atoms with Crippen LogP contribution in [0.15, 0.2) is 42.5 Å². The molecule has 0 aliphatic carbocycles. The van der Waals surface area contributed by atoms with Gasteiger partial charge in [0.05, 0.1) is 37.5 Å². The van der Waals surface area contributed by atoms with Crippen LogP contribution >= 0.6 is 11.3 Å². The molecule has 0 fully saturated rings. The van der Waals surface area contributed by atoms with Gasteiger partial charge in [-0.15, -0.1) is 0 Å². The number of thiazole rings is 1. The van der Waals surface area contributed by atoms with Crippen LogP contribution in [0.3, 0.4) is 0 Å². The number of nitrogens with zero attached hydrogens (tertiary/aromatic N) is 1. The molecule has 0 saturated heterocycles. The van der Waals surface area contributed by atoms with Crippen LogP contribution in [-0.2, 0) is 9.59 Å². The summed E-state index contributed by atoms with van der Waals surface area (Å²) in [7, 11) is 2.95. The molecule has 31 heavy (non-hydrogen) atoms. The molecule has 2 aromatic carbocycles. The average molecular weight is 443 g/mol. The van der Waals surface area contributed by atoms with Gasteiger partial charge in [0.25, 0.3) is 17.7 Å². The lowest BCUT2D eigenvalue weighted by molar-refractivity contribution is -0.127. The minimum Gasteiger partial charge on any atom is -0.493 e. The lowest BCUT2D eigenvalue weighted by Gasteiger charge is -2.11. The van der Waals surface area contributed by atoms with Gasteiger partial charge >= 0.3 is 0 Å². The summed E-state index contributed by atoms with van der Waals surface area (Å²) >= 11 is 1.42. The van der Waals surface area contributed by atoms with Gasteiger partial charge in [-0.25, -0.2) is 4.98 Å². The van der Waals surface area contributed by atoms with Crippen molar-refractivity contribution in [2.75, 3.05) is 32.6 Å². The summed E-state index contributed by atoms with van der Waals surface area (Å²) in [6, 6.07) is 12.3. The summed E-state index contributed by atoms with van der Waals surface area (Å²) in [4.78, 5) is 40.3. The van der Waals surface area contributed by atoms with Gasteiger partial charge in [0.2, 0.25) is 0 Å². The average Bonchev–Trinajstić information content (AvgIpc) is 3.22. The molecule has 1 aromatic heterocycles. The van der Waals surface area contributed by atoms with Gasteiger partial charge in [0.1, 0.15) is 0 Å². The maximum Gasteiger partial charge on any atom is 0.257 e. The maximum absolute atomic E-state index is 12.2. The molecular formula is C20H21N5O5S. The second-order valence-electron chi connectivity index (χ2n) is 6.19. The highest BCUT2D eigenvalue weighted by Crippen LogP contribution is 2.27.